The minimum atomic E-state index is -3.98. The lowest BCUT2D eigenvalue weighted by atomic mass is 10.0. The van der Waals surface area contributed by atoms with Gasteiger partial charge in [0.25, 0.3) is 0 Å². The molecule has 13 heavy (non-hydrogen) atoms. The van der Waals surface area contributed by atoms with Gasteiger partial charge < -0.3 is 4.90 Å². The molecule has 78 valence electrons. The Morgan fingerprint density at radius 3 is 2.46 bits per heavy atom. The molecule has 1 aliphatic rings. The van der Waals surface area contributed by atoms with Crippen LogP contribution in [0.15, 0.2) is 0 Å². The maximum absolute atomic E-state index is 12.3. The summed E-state index contributed by atoms with van der Waals surface area (Å²) >= 11 is 0. The number of nitrogens with zero attached hydrogens (tertiary/aromatic N) is 1. The molecule has 1 rings (SSSR count). The second kappa shape index (κ2) is 4.31. The SMILES string of the molecule is CCN1CCCC(C(F)(F)F)CC1. The van der Waals surface area contributed by atoms with Gasteiger partial charge in [0.2, 0.25) is 0 Å². The molecule has 1 aliphatic heterocycles. The average Bonchev–Trinajstić information content (AvgIpc) is 2.26. The first-order valence-corrected chi connectivity index (χ1v) is 4.83. The standard InChI is InChI=1S/C9H16F3N/c1-2-13-6-3-4-8(5-7-13)9(10,11)12/h8H,2-7H2,1H3. The summed E-state index contributed by atoms with van der Waals surface area (Å²) in [6, 6.07) is 0. The first-order chi connectivity index (χ1) is 6.04. The van der Waals surface area contributed by atoms with Crippen molar-refractivity contribution in [3.05, 3.63) is 0 Å². The maximum atomic E-state index is 12.3. The molecule has 0 bridgehead atoms. The van der Waals surface area contributed by atoms with Crippen molar-refractivity contribution in [1.29, 1.82) is 0 Å². The summed E-state index contributed by atoms with van der Waals surface area (Å²) in [6.07, 6.45) is -2.72. The molecule has 0 amide bonds. The minimum Gasteiger partial charge on any atom is -0.304 e. The lowest BCUT2D eigenvalue weighted by Crippen LogP contribution is -2.26. The molecule has 0 aromatic heterocycles. The summed E-state index contributed by atoms with van der Waals surface area (Å²) in [4.78, 5) is 2.09. The summed E-state index contributed by atoms with van der Waals surface area (Å²) in [5.74, 6) is -1.07. The first kappa shape index (κ1) is 10.8. The highest BCUT2D eigenvalue weighted by Crippen LogP contribution is 2.33. The van der Waals surface area contributed by atoms with Crippen LogP contribution in [0.25, 0.3) is 0 Å². The smallest absolute Gasteiger partial charge is 0.304 e. The van der Waals surface area contributed by atoms with Crippen LogP contribution in [0.5, 0.6) is 0 Å². The molecule has 1 atom stereocenters. The van der Waals surface area contributed by atoms with Crippen molar-refractivity contribution in [3.63, 3.8) is 0 Å². The van der Waals surface area contributed by atoms with E-state index in [0.29, 0.717) is 19.4 Å². The second-order valence-electron chi connectivity index (χ2n) is 3.60. The second-order valence-corrected chi connectivity index (χ2v) is 3.60. The van der Waals surface area contributed by atoms with Crippen molar-refractivity contribution in [1.82, 2.24) is 4.90 Å². The highest BCUT2D eigenvalue weighted by molar-refractivity contribution is 4.74. The van der Waals surface area contributed by atoms with Gasteiger partial charge in [-0.05, 0) is 38.9 Å². The molecule has 0 aromatic carbocycles. The summed E-state index contributed by atoms with van der Waals surface area (Å²) in [5.41, 5.74) is 0. The number of alkyl halides is 3. The number of rotatable bonds is 1. The van der Waals surface area contributed by atoms with Crippen LogP contribution in [-0.4, -0.2) is 30.7 Å². The normalized spacial score (nSPS) is 27.2. The molecule has 1 unspecified atom stereocenters. The van der Waals surface area contributed by atoms with Gasteiger partial charge >= 0.3 is 6.18 Å². The van der Waals surface area contributed by atoms with Crippen molar-refractivity contribution < 1.29 is 13.2 Å². The van der Waals surface area contributed by atoms with Gasteiger partial charge in [-0.15, -0.1) is 0 Å². The fraction of sp³-hybridized carbons (Fsp3) is 1.00. The summed E-state index contributed by atoms with van der Waals surface area (Å²) in [7, 11) is 0. The van der Waals surface area contributed by atoms with Crippen LogP contribution in [-0.2, 0) is 0 Å². The van der Waals surface area contributed by atoms with Crippen LogP contribution in [0.2, 0.25) is 0 Å². The molecule has 1 nitrogen and oxygen atoms in total. The van der Waals surface area contributed by atoms with Crippen molar-refractivity contribution in [3.8, 4) is 0 Å². The van der Waals surface area contributed by atoms with Crippen molar-refractivity contribution in [2.24, 2.45) is 5.92 Å². The van der Waals surface area contributed by atoms with Crippen molar-refractivity contribution in [2.75, 3.05) is 19.6 Å². The zero-order valence-corrected chi connectivity index (χ0v) is 7.90. The first-order valence-electron chi connectivity index (χ1n) is 4.83. The fourth-order valence-electron chi connectivity index (χ4n) is 1.80. The fourth-order valence-corrected chi connectivity index (χ4v) is 1.80. The van der Waals surface area contributed by atoms with Crippen LogP contribution < -0.4 is 0 Å². The van der Waals surface area contributed by atoms with E-state index >= 15 is 0 Å². The summed E-state index contributed by atoms with van der Waals surface area (Å²) in [5, 5.41) is 0. The molecule has 0 radical (unpaired) electrons. The Morgan fingerprint density at radius 1 is 1.23 bits per heavy atom. The number of likely N-dealkylation sites (tertiary alicyclic amines) is 1. The molecule has 0 saturated carbocycles. The quantitative estimate of drug-likeness (QED) is 0.621. The number of halogens is 3. The third-order valence-electron chi connectivity index (χ3n) is 2.73. The van der Waals surface area contributed by atoms with Gasteiger partial charge in [0, 0.05) is 0 Å². The molecule has 0 spiro atoms. The Balaban J connectivity index is 2.45. The van der Waals surface area contributed by atoms with E-state index in [0.717, 1.165) is 13.1 Å². The molecule has 0 aliphatic carbocycles. The predicted molar refractivity (Wildman–Crippen MR) is 45.5 cm³/mol. The minimum absolute atomic E-state index is 0.275. The van der Waals surface area contributed by atoms with E-state index in [1.54, 1.807) is 0 Å². The molecule has 1 fully saturated rings. The van der Waals surface area contributed by atoms with Crippen molar-refractivity contribution >= 4 is 0 Å². The average molecular weight is 195 g/mol. The third-order valence-corrected chi connectivity index (χ3v) is 2.73. The zero-order valence-electron chi connectivity index (χ0n) is 7.90. The Labute approximate surface area is 76.9 Å². The van der Waals surface area contributed by atoms with Gasteiger partial charge in [-0.25, -0.2) is 0 Å². The van der Waals surface area contributed by atoms with E-state index < -0.39 is 12.1 Å². The van der Waals surface area contributed by atoms with E-state index in [4.69, 9.17) is 0 Å². The maximum Gasteiger partial charge on any atom is 0.391 e. The van der Waals surface area contributed by atoms with Gasteiger partial charge in [-0.1, -0.05) is 6.92 Å². The lowest BCUT2D eigenvalue weighted by Gasteiger charge is -2.19. The van der Waals surface area contributed by atoms with Crippen molar-refractivity contribution in [2.45, 2.75) is 32.4 Å². The third kappa shape index (κ3) is 3.18. The van der Waals surface area contributed by atoms with Gasteiger partial charge in [0.1, 0.15) is 0 Å². The van der Waals surface area contributed by atoms with Gasteiger partial charge in [-0.3, -0.25) is 0 Å². The Bertz CT molecular complexity index is 155. The van der Waals surface area contributed by atoms with E-state index in [-0.39, 0.29) is 6.42 Å². The topological polar surface area (TPSA) is 3.24 Å². The van der Waals surface area contributed by atoms with Crippen LogP contribution >= 0.6 is 0 Å². The lowest BCUT2D eigenvalue weighted by molar-refractivity contribution is -0.177. The van der Waals surface area contributed by atoms with Gasteiger partial charge in [0.15, 0.2) is 0 Å². The zero-order chi connectivity index (χ0) is 9.90. The number of hydrogen-bond acceptors (Lipinski definition) is 1. The van der Waals surface area contributed by atoms with E-state index in [2.05, 4.69) is 4.90 Å². The molecule has 4 heteroatoms. The molecular formula is C9H16F3N. The Morgan fingerprint density at radius 2 is 1.92 bits per heavy atom. The molecule has 0 aromatic rings. The van der Waals surface area contributed by atoms with Gasteiger partial charge in [-0.2, -0.15) is 13.2 Å². The largest absolute Gasteiger partial charge is 0.391 e. The van der Waals surface area contributed by atoms with E-state index in [1.807, 2.05) is 6.92 Å². The van der Waals surface area contributed by atoms with Crippen LogP contribution in [0, 0.1) is 5.92 Å². The Kier molecular flexibility index (Phi) is 3.59. The molecule has 1 heterocycles. The Hall–Kier alpha value is -0.250. The monoisotopic (exact) mass is 195 g/mol. The van der Waals surface area contributed by atoms with Gasteiger partial charge in [0.05, 0.1) is 5.92 Å². The summed E-state index contributed by atoms with van der Waals surface area (Å²) in [6.45, 7) is 4.28. The van der Waals surface area contributed by atoms with E-state index in [1.165, 1.54) is 0 Å². The molecule has 1 saturated heterocycles. The van der Waals surface area contributed by atoms with Crippen LogP contribution in [0.4, 0.5) is 13.2 Å². The molecule has 0 N–H and O–H groups in total. The molecular weight excluding hydrogens is 179 g/mol. The number of hydrogen-bond donors (Lipinski definition) is 0. The highest BCUT2D eigenvalue weighted by atomic mass is 19.4. The summed E-state index contributed by atoms with van der Waals surface area (Å²) < 4.78 is 37.0. The van der Waals surface area contributed by atoms with Crippen LogP contribution in [0.1, 0.15) is 26.2 Å². The highest BCUT2D eigenvalue weighted by Gasteiger charge is 2.39. The predicted octanol–water partition coefficient (Wildman–Crippen LogP) is 2.67. The van der Waals surface area contributed by atoms with E-state index in [9.17, 15) is 13.2 Å². The van der Waals surface area contributed by atoms with Crippen LogP contribution in [0.3, 0.4) is 0 Å².